The Bertz CT molecular complexity index is 1040. The number of nitrogen functional groups attached to an aromatic ring is 1. The normalized spacial score (nSPS) is 11.2. The van der Waals surface area contributed by atoms with Gasteiger partial charge in [-0.15, -0.1) is 10.2 Å². The van der Waals surface area contributed by atoms with Crippen LogP contribution in [0.1, 0.15) is 12.5 Å². The number of thioether (sulfide) groups is 1. The highest BCUT2D eigenvalue weighted by atomic mass is 32.2. The van der Waals surface area contributed by atoms with E-state index in [9.17, 15) is 9.18 Å². The van der Waals surface area contributed by atoms with Crippen molar-refractivity contribution in [2.75, 3.05) is 29.4 Å². The van der Waals surface area contributed by atoms with Crippen molar-refractivity contribution in [1.82, 2.24) is 14.9 Å². The first-order chi connectivity index (χ1) is 14.5. The van der Waals surface area contributed by atoms with E-state index in [0.29, 0.717) is 16.6 Å². The van der Waals surface area contributed by atoms with Crippen LogP contribution in [0.3, 0.4) is 0 Å². The van der Waals surface area contributed by atoms with E-state index in [1.807, 2.05) is 31.2 Å². The van der Waals surface area contributed by atoms with Crippen LogP contribution in [0.2, 0.25) is 0 Å². The lowest BCUT2D eigenvalue weighted by molar-refractivity contribution is -0.113. The molecule has 0 bridgehead atoms. The van der Waals surface area contributed by atoms with Crippen LogP contribution in [0, 0.1) is 5.82 Å². The van der Waals surface area contributed by atoms with Crippen LogP contribution < -0.4 is 21.3 Å². The van der Waals surface area contributed by atoms with Crippen LogP contribution in [0.25, 0.3) is 0 Å². The average molecular weight is 429 g/mol. The zero-order chi connectivity index (χ0) is 21.5. The molecule has 3 rings (SSSR count). The van der Waals surface area contributed by atoms with Crippen molar-refractivity contribution < 1.29 is 13.9 Å². The molecule has 0 saturated heterocycles. The maximum Gasteiger partial charge on any atom is 0.264 e. The number of carbonyl (C=O) groups is 1. The summed E-state index contributed by atoms with van der Waals surface area (Å²) in [7, 11) is 1.60. The number of nitrogens with two attached hydrogens (primary N) is 1. The summed E-state index contributed by atoms with van der Waals surface area (Å²) in [6.45, 7) is 1.83. The molecular weight excluding hydrogens is 409 g/mol. The number of nitrogens with one attached hydrogen (secondary N) is 2. The molecule has 0 saturated carbocycles. The third kappa shape index (κ3) is 5.47. The van der Waals surface area contributed by atoms with Gasteiger partial charge in [-0.05, 0) is 61.0 Å². The third-order valence-corrected chi connectivity index (χ3v) is 4.90. The fraction of sp³-hybridized carbons (Fsp3) is 0.158. The number of hydrazone groups is 1. The number of halogens is 1. The molecule has 9 nitrogen and oxygen atoms in total. The maximum absolute atomic E-state index is 12.9. The summed E-state index contributed by atoms with van der Waals surface area (Å²) in [6, 6.07) is 12.9. The Morgan fingerprint density at radius 3 is 2.57 bits per heavy atom. The summed E-state index contributed by atoms with van der Waals surface area (Å²) in [4.78, 5) is 12.0. The highest BCUT2D eigenvalue weighted by molar-refractivity contribution is 7.99. The highest BCUT2D eigenvalue weighted by Crippen LogP contribution is 2.18. The molecule has 0 spiro atoms. The van der Waals surface area contributed by atoms with Crippen LogP contribution in [0.5, 0.6) is 5.75 Å². The van der Waals surface area contributed by atoms with E-state index in [0.717, 1.165) is 23.1 Å². The maximum atomic E-state index is 12.9. The Kier molecular flexibility index (Phi) is 6.86. The van der Waals surface area contributed by atoms with Crippen molar-refractivity contribution >= 4 is 35.0 Å². The predicted octanol–water partition coefficient (Wildman–Crippen LogP) is 2.71. The smallest absolute Gasteiger partial charge is 0.264 e. The minimum Gasteiger partial charge on any atom is -0.497 e. The molecule has 2 aromatic carbocycles. The van der Waals surface area contributed by atoms with Crippen LogP contribution >= 0.6 is 11.8 Å². The largest absolute Gasteiger partial charge is 0.497 e. The Hall–Kier alpha value is -3.60. The molecule has 0 aliphatic heterocycles. The molecule has 0 aliphatic rings. The van der Waals surface area contributed by atoms with Gasteiger partial charge >= 0.3 is 0 Å². The number of ether oxygens (including phenoxy) is 1. The number of anilines is 2. The van der Waals surface area contributed by atoms with Gasteiger partial charge in [0.05, 0.1) is 18.6 Å². The highest BCUT2D eigenvalue weighted by Gasteiger charge is 2.12. The van der Waals surface area contributed by atoms with Crippen molar-refractivity contribution in [1.29, 1.82) is 0 Å². The molecule has 0 aliphatic carbocycles. The molecular formula is C19H20FN7O2S. The van der Waals surface area contributed by atoms with Crippen LogP contribution in [0.4, 0.5) is 16.0 Å². The minimum absolute atomic E-state index is 0.0564. The molecule has 11 heteroatoms. The van der Waals surface area contributed by atoms with Crippen LogP contribution in [0.15, 0.2) is 58.8 Å². The first kappa shape index (κ1) is 21.1. The lowest BCUT2D eigenvalue weighted by Crippen LogP contribution is -2.17. The van der Waals surface area contributed by atoms with Gasteiger partial charge in [-0.25, -0.2) is 14.5 Å². The van der Waals surface area contributed by atoms with Crippen molar-refractivity contribution in [3.8, 4) is 5.75 Å². The van der Waals surface area contributed by atoms with Gasteiger partial charge in [-0.1, -0.05) is 11.8 Å². The van der Waals surface area contributed by atoms with Crippen molar-refractivity contribution in [3.05, 3.63) is 59.9 Å². The van der Waals surface area contributed by atoms with Gasteiger partial charge in [0, 0.05) is 5.69 Å². The summed E-state index contributed by atoms with van der Waals surface area (Å²) in [5.41, 5.74) is 4.88. The van der Waals surface area contributed by atoms with Gasteiger partial charge in [-0.3, -0.25) is 4.79 Å². The summed E-state index contributed by atoms with van der Waals surface area (Å²) in [6.07, 6.45) is 0. The van der Waals surface area contributed by atoms with E-state index < -0.39 is 0 Å². The summed E-state index contributed by atoms with van der Waals surface area (Å²) in [5, 5.41) is 15.1. The van der Waals surface area contributed by atoms with Crippen LogP contribution in [-0.4, -0.2) is 39.4 Å². The fourth-order valence-corrected chi connectivity index (χ4v) is 3.00. The van der Waals surface area contributed by atoms with E-state index in [2.05, 4.69) is 26.0 Å². The number of methoxy groups -OCH3 is 1. The van der Waals surface area contributed by atoms with Gasteiger partial charge in [0.25, 0.3) is 5.95 Å². The lowest BCUT2D eigenvalue weighted by atomic mass is 10.1. The molecule has 0 radical (unpaired) electrons. The third-order valence-electron chi connectivity index (χ3n) is 3.96. The van der Waals surface area contributed by atoms with Crippen LogP contribution in [-0.2, 0) is 4.79 Å². The van der Waals surface area contributed by atoms with Gasteiger partial charge in [0.15, 0.2) is 0 Å². The van der Waals surface area contributed by atoms with Gasteiger partial charge < -0.3 is 15.9 Å². The van der Waals surface area contributed by atoms with Gasteiger partial charge in [0.2, 0.25) is 11.1 Å². The lowest BCUT2D eigenvalue weighted by Gasteiger charge is -2.06. The number of hydrogen-bond acceptors (Lipinski definition) is 8. The monoisotopic (exact) mass is 429 g/mol. The molecule has 0 fully saturated rings. The van der Waals surface area contributed by atoms with Crippen molar-refractivity contribution in [3.63, 3.8) is 0 Å². The number of nitrogens with zero attached hydrogens (tertiary/aromatic N) is 4. The van der Waals surface area contributed by atoms with Gasteiger partial charge in [-0.2, -0.15) is 5.10 Å². The molecule has 0 atom stereocenters. The topological polar surface area (TPSA) is 119 Å². The second kappa shape index (κ2) is 9.74. The first-order valence-electron chi connectivity index (χ1n) is 8.79. The number of benzene rings is 2. The van der Waals surface area contributed by atoms with E-state index in [4.69, 9.17) is 10.6 Å². The SMILES string of the molecule is COc1ccc(/C(C)=N/Nc2nnc(SCC(=O)Nc3ccc(F)cc3)n2N)cc1. The number of carbonyl (C=O) groups excluding carboxylic acids is 1. The molecule has 30 heavy (non-hydrogen) atoms. The van der Waals surface area contributed by atoms with Crippen molar-refractivity contribution in [2.45, 2.75) is 12.1 Å². The molecule has 4 N–H and O–H groups in total. The quantitative estimate of drug-likeness (QED) is 0.218. The Balaban J connectivity index is 1.55. The Morgan fingerprint density at radius 1 is 1.20 bits per heavy atom. The molecule has 1 aromatic heterocycles. The van der Waals surface area contributed by atoms with Gasteiger partial charge in [0.1, 0.15) is 11.6 Å². The fourth-order valence-electron chi connectivity index (χ4n) is 2.34. The zero-order valence-corrected chi connectivity index (χ0v) is 17.1. The standard InChI is InChI=1S/C19H20FN7O2S/c1-12(13-3-9-16(29-2)10-4-13)23-24-18-25-26-19(27(18)21)30-11-17(28)22-15-7-5-14(20)6-8-15/h3-10H,11,21H2,1-2H3,(H,22,28)(H,24,25)/b23-12+. The number of amides is 1. The second-order valence-electron chi connectivity index (χ2n) is 6.06. The van der Waals surface area contributed by atoms with E-state index >= 15 is 0 Å². The zero-order valence-electron chi connectivity index (χ0n) is 16.3. The number of rotatable bonds is 8. The average Bonchev–Trinajstić information content (AvgIpc) is 3.11. The molecule has 0 unspecified atom stereocenters. The van der Waals surface area contributed by atoms with Crippen molar-refractivity contribution in [2.24, 2.45) is 5.10 Å². The number of hydrogen-bond donors (Lipinski definition) is 3. The molecule has 156 valence electrons. The summed E-state index contributed by atoms with van der Waals surface area (Å²) < 4.78 is 19.3. The van der Waals surface area contributed by atoms with E-state index in [-0.39, 0.29) is 23.4 Å². The Morgan fingerprint density at radius 2 is 1.90 bits per heavy atom. The predicted molar refractivity (Wildman–Crippen MR) is 115 cm³/mol. The minimum atomic E-state index is -0.372. The molecule has 1 heterocycles. The van der Waals surface area contributed by atoms with E-state index in [1.54, 1.807) is 7.11 Å². The molecule has 1 amide bonds. The summed E-state index contributed by atoms with van der Waals surface area (Å²) in [5.74, 6) is 6.36. The van der Waals surface area contributed by atoms with E-state index in [1.165, 1.54) is 28.9 Å². The summed E-state index contributed by atoms with van der Waals surface area (Å²) >= 11 is 1.11. The Labute approximate surface area is 176 Å². The molecule has 3 aromatic rings. The second-order valence-corrected chi connectivity index (χ2v) is 7.00. The number of aromatic nitrogens is 3. The first-order valence-corrected chi connectivity index (χ1v) is 9.78.